The molecule has 1 aromatic carbocycles. The molecule has 7 nitrogen and oxygen atoms in total. The molecule has 0 bridgehead atoms. The number of H-pyrrole nitrogens is 1. The Morgan fingerprint density at radius 2 is 2.13 bits per heavy atom. The van der Waals surface area contributed by atoms with Crippen molar-refractivity contribution in [1.29, 1.82) is 0 Å². The maximum atomic E-state index is 11.8. The van der Waals surface area contributed by atoms with E-state index in [1.165, 1.54) is 12.3 Å². The van der Waals surface area contributed by atoms with Crippen LogP contribution in [0.3, 0.4) is 0 Å². The van der Waals surface area contributed by atoms with Gasteiger partial charge in [-0.2, -0.15) is 4.98 Å². The summed E-state index contributed by atoms with van der Waals surface area (Å²) in [5.41, 5.74) is 1.02. The van der Waals surface area contributed by atoms with E-state index in [2.05, 4.69) is 15.1 Å². The first-order valence-electron chi connectivity index (χ1n) is 6.64. The molecule has 0 saturated carbocycles. The standard InChI is InChI=1S/C15H12ClN3O4/c1-21-11-4-2-9(3-5-11)14-18-13(23-19-14)8-22-15(20)12-6-10(16)7-17-12/h2-7,17H,8H2,1H3. The fourth-order valence-corrected chi connectivity index (χ4v) is 2.03. The van der Waals surface area contributed by atoms with E-state index in [4.69, 9.17) is 25.6 Å². The number of rotatable bonds is 5. The molecule has 1 N–H and O–H groups in total. The lowest BCUT2D eigenvalue weighted by atomic mass is 10.2. The molecule has 3 rings (SSSR count). The van der Waals surface area contributed by atoms with Crippen LogP contribution in [0.1, 0.15) is 16.4 Å². The van der Waals surface area contributed by atoms with Crippen molar-refractivity contribution in [3.63, 3.8) is 0 Å². The number of nitrogens with one attached hydrogen (secondary N) is 1. The zero-order chi connectivity index (χ0) is 16.2. The van der Waals surface area contributed by atoms with Crippen LogP contribution in [0.2, 0.25) is 5.02 Å². The van der Waals surface area contributed by atoms with E-state index in [1.54, 1.807) is 31.4 Å². The summed E-state index contributed by atoms with van der Waals surface area (Å²) in [6, 6.07) is 8.67. The topological polar surface area (TPSA) is 90.2 Å². The number of benzene rings is 1. The van der Waals surface area contributed by atoms with Crippen LogP contribution in [0.25, 0.3) is 11.4 Å². The van der Waals surface area contributed by atoms with Crippen molar-refractivity contribution >= 4 is 17.6 Å². The van der Waals surface area contributed by atoms with Gasteiger partial charge in [0.05, 0.1) is 12.1 Å². The van der Waals surface area contributed by atoms with Gasteiger partial charge < -0.3 is 19.0 Å². The summed E-state index contributed by atoms with van der Waals surface area (Å²) >= 11 is 5.73. The predicted molar refractivity (Wildman–Crippen MR) is 81.2 cm³/mol. The first-order chi connectivity index (χ1) is 11.2. The van der Waals surface area contributed by atoms with Crippen LogP contribution in [0.15, 0.2) is 41.1 Å². The zero-order valence-electron chi connectivity index (χ0n) is 12.1. The summed E-state index contributed by atoms with van der Waals surface area (Å²) in [4.78, 5) is 18.6. The molecule has 23 heavy (non-hydrogen) atoms. The van der Waals surface area contributed by atoms with E-state index in [0.29, 0.717) is 10.8 Å². The minimum Gasteiger partial charge on any atom is -0.497 e. The van der Waals surface area contributed by atoms with Crippen LogP contribution >= 0.6 is 11.6 Å². The summed E-state index contributed by atoms with van der Waals surface area (Å²) in [7, 11) is 1.59. The van der Waals surface area contributed by atoms with Crippen molar-refractivity contribution in [3.8, 4) is 17.1 Å². The van der Waals surface area contributed by atoms with E-state index in [-0.39, 0.29) is 18.2 Å². The Morgan fingerprint density at radius 3 is 2.78 bits per heavy atom. The normalized spacial score (nSPS) is 10.5. The van der Waals surface area contributed by atoms with Gasteiger partial charge >= 0.3 is 5.97 Å². The highest BCUT2D eigenvalue weighted by molar-refractivity contribution is 6.30. The van der Waals surface area contributed by atoms with E-state index in [9.17, 15) is 4.79 Å². The van der Waals surface area contributed by atoms with Crippen LogP contribution in [0.4, 0.5) is 0 Å². The molecule has 0 atom stereocenters. The second-order valence-electron chi connectivity index (χ2n) is 4.55. The number of aromatic nitrogens is 3. The van der Waals surface area contributed by atoms with Crippen LogP contribution < -0.4 is 4.74 Å². The molecular weight excluding hydrogens is 322 g/mol. The van der Waals surface area contributed by atoms with Gasteiger partial charge in [-0.15, -0.1) is 0 Å². The number of nitrogens with zero attached hydrogens (tertiary/aromatic N) is 2. The van der Waals surface area contributed by atoms with Gasteiger partial charge in [0, 0.05) is 11.8 Å². The van der Waals surface area contributed by atoms with Crippen molar-refractivity contribution in [3.05, 3.63) is 53.1 Å². The third kappa shape index (κ3) is 3.51. The predicted octanol–water partition coefficient (Wildman–Crippen LogP) is 3.08. The van der Waals surface area contributed by atoms with Crippen molar-refractivity contribution < 1.29 is 18.8 Å². The minimum absolute atomic E-state index is 0.126. The second kappa shape index (κ2) is 6.53. The fraction of sp³-hybridized carbons (Fsp3) is 0.133. The van der Waals surface area contributed by atoms with E-state index in [0.717, 1.165) is 11.3 Å². The number of aromatic amines is 1. The number of esters is 1. The summed E-state index contributed by atoms with van der Waals surface area (Å²) in [6.07, 6.45) is 1.49. The Hall–Kier alpha value is -2.80. The zero-order valence-corrected chi connectivity index (χ0v) is 12.8. The molecule has 0 aliphatic carbocycles. The molecule has 3 aromatic rings. The Kier molecular flexibility index (Phi) is 4.29. The number of halogens is 1. The first kappa shape index (κ1) is 15.1. The second-order valence-corrected chi connectivity index (χ2v) is 4.98. The van der Waals surface area contributed by atoms with Gasteiger partial charge in [-0.25, -0.2) is 4.79 Å². The third-order valence-electron chi connectivity index (χ3n) is 3.01. The molecule has 0 aliphatic heterocycles. The van der Waals surface area contributed by atoms with Crippen molar-refractivity contribution in [2.45, 2.75) is 6.61 Å². The number of carbonyl (C=O) groups is 1. The highest BCUT2D eigenvalue weighted by Crippen LogP contribution is 2.20. The SMILES string of the molecule is COc1ccc(-c2noc(COC(=O)c3cc(Cl)c[nH]3)n2)cc1. The molecule has 0 spiro atoms. The number of hydrogen-bond donors (Lipinski definition) is 1. The highest BCUT2D eigenvalue weighted by atomic mass is 35.5. The Morgan fingerprint density at radius 1 is 1.35 bits per heavy atom. The quantitative estimate of drug-likeness (QED) is 0.721. The molecule has 0 saturated heterocycles. The van der Waals surface area contributed by atoms with Crippen LogP contribution in [-0.2, 0) is 11.3 Å². The molecule has 0 fully saturated rings. The van der Waals surface area contributed by atoms with E-state index in [1.807, 2.05) is 0 Å². The molecule has 0 unspecified atom stereocenters. The summed E-state index contributed by atoms with van der Waals surface area (Å²) in [5, 5.41) is 4.28. The van der Waals surface area contributed by atoms with Gasteiger partial charge in [0.1, 0.15) is 11.4 Å². The summed E-state index contributed by atoms with van der Waals surface area (Å²) < 4.78 is 15.2. The molecule has 0 radical (unpaired) electrons. The first-order valence-corrected chi connectivity index (χ1v) is 7.01. The molecule has 0 aliphatic rings. The lowest BCUT2D eigenvalue weighted by molar-refractivity contribution is 0.0423. The maximum Gasteiger partial charge on any atom is 0.355 e. The molecule has 0 amide bonds. The van der Waals surface area contributed by atoms with Gasteiger partial charge in [0.25, 0.3) is 5.89 Å². The molecular formula is C15H12ClN3O4. The lowest BCUT2D eigenvalue weighted by Crippen LogP contribution is -2.05. The van der Waals surface area contributed by atoms with Gasteiger partial charge in [-0.1, -0.05) is 16.8 Å². The van der Waals surface area contributed by atoms with Gasteiger partial charge in [0.15, 0.2) is 6.61 Å². The monoisotopic (exact) mass is 333 g/mol. The number of methoxy groups -OCH3 is 1. The van der Waals surface area contributed by atoms with Crippen LogP contribution in [0, 0.1) is 0 Å². The Bertz CT molecular complexity index is 810. The number of carbonyl (C=O) groups excluding carboxylic acids is 1. The smallest absolute Gasteiger partial charge is 0.355 e. The summed E-state index contributed by atoms with van der Waals surface area (Å²) in [6.45, 7) is -0.126. The minimum atomic E-state index is -0.555. The Labute approximate surface area is 136 Å². The van der Waals surface area contributed by atoms with Gasteiger partial charge in [-0.05, 0) is 30.3 Å². The van der Waals surface area contributed by atoms with Gasteiger partial charge in [0.2, 0.25) is 5.82 Å². The Balaban J connectivity index is 1.63. The van der Waals surface area contributed by atoms with E-state index >= 15 is 0 Å². The molecule has 2 heterocycles. The van der Waals surface area contributed by atoms with Crippen LogP contribution in [-0.4, -0.2) is 28.2 Å². The third-order valence-corrected chi connectivity index (χ3v) is 3.23. The largest absolute Gasteiger partial charge is 0.497 e. The van der Waals surface area contributed by atoms with Gasteiger partial charge in [-0.3, -0.25) is 0 Å². The lowest BCUT2D eigenvalue weighted by Gasteiger charge is -1.99. The fourth-order valence-electron chi connectivity index (χ4n) is 1.86. The highest BCUT2D eigenvalue weighted by Gasteiger charge is 2.13. The number of ether oxygens (including phenoxy) is 2. The van der Waals surface area contributed by atoms with Crippen molar-refractivity contribution in [1.82, 2.24) is 15.1 Å². The average molecular weight is 334 g/mol. The summed E-state index contributed by atoms with van der Waals surface area (Å²) in [5.74, 6) is 0.778. The average Bonchev–Trinajstić information content (AvgIpc) is 3.22. The molecule has 8 heteroatoms. The van der Waals surface area contributed by atoms with Crippen molar-refractivity contribution in [2.24, 2.45) is 0 Å². The van der Waals surface area contributed by atoms with Crippen LogP contribution in [0.5, 0.6) is 5.75 Å². The maximum absolute atomic E-state index is 11.8. The number of hydrogen-bond acceptors (Lipinski definition) is 6. The molecule has 118 valence electrons. The molecule has 2 aromatic heterocycles. The van der Waals surface area contributed by atoms with E-state index < -0.39 is 5.97 Å². The van der Waals surface area contributed by atoms with Crippen molar-refractivity contribution in [2.75, 3.05) is 7.11 Å².